The molecular weight excluding hydrogens is 338 g/mol. The Morgan fingerprint density at radius 1 is 0.920 bits per heavy atom. The van der Waals surface area contributed by atoms with Crippen molar-refractivity contribution in [2.24, 2.45) is 0 Å². The molecule has 0 aromatic heterocycles. The summed E-state index contributed by atoms with van der Waals surface area (Å²) in [5.41, 5.74) is 3.80. The van der Waals surface area contributed by atoms with Crippen molar-refractivity contribution in [2.75, 3.05) is 6.26 Å². The zero-order chi connectivity index (χ0) is 17.8. The molecule has 0 spiro atoms. The van der Waals surface area contributed by atoms with Crippen LogP contribution in [0.15, 0.2) is 65.6 Å². The minimum absolute atomic E-state index is 0.488. The number of hydrogen-bond donors (Lipinski definition) is 0. The Morgan fingerprint density at radius 2 is 1.64 bits per heavy atom. The largest absolute Gasteiger partial charge is 0.489 e. The molecule has 3 aromatic rings. The Bertz CT molecular complexity index is 876. The van der Waals surface area contributed by atoms with Crippen molar-refractivity contribution in [2.45, 2.75) is 18.4 Å². The first-order valence-electron chi connectivity index (χ1n) is 7.88. The molecule has 0 amide bonds. The van der Waals surface area contributed by atoms with Gasteiger partial charge in [0.2, 0.25) is 0 Å². The number of rotatable bonds is 5. The smallest absolute Gasteiger partial charge is 0.159 e. The third-order valence-electron chi connectivity index (χ3n) is 3.90. The number of aryl methyl sites for hydroxylation is 1. The van der Waals surface area contributed by atoms with Gasteiger partial charge in [0, 0.05) is 4.90 Å². The molecule has 0 saturated carbocycles. The maximum atomic E-state index is 13.6. The van der Waals surface area contributed by atoms with Crippen molar-refractivity contribution in [1.29, 1.82) is 0 Å². The van der Waals surface area contributed by atoms with Crippen LogP contribution in [-0.4, -0.2) is 6.26 Å². The molecule has 0 aliphatic rings. The van der Waals surface area contributed by atoms with E-state index in [-0.39, 0.29) is 0 Å². The van der Waals surface area contributed by atoms with Crippen molar-refractivity contribution in [1.82, 2.24) is 0 Å². The van der Waals surface area contributed by atoms with Gasteiger partial charge >= 0.3 is 0 Å². The lowest BCUT2D eigenvalue weighted by Gasteiger charge is -2.11. The van der Waals surface area contributed by atoms with E-state index in [0.29, 0.717) is 17.1 Å². The summed E-state index contributed by atoms with van der Waals surface area (Å²) < 4.78 is 32.8. The van der Waals surface area contributed by atoms with Crippen LogP contribution in [0.4, 0.5) is 8.78 Å². The molecule has 25 heavy (non-hydrogen) atoms. The Balaban J connectivity index is 1.77. The Labute approximate surface area is 150 Å². The van der Waals surface area contributed by atoms with Gasteiger partial charge in [0.25, 0.3) is 0 Å². The van der Waals surface area contributed by atoms with Gasteiger partial charge in [-0.1, -0.05) is 42.0 Å². The number of hydrogen-bond acceptors (Lipinski definition) is 2. The van der Waals surface area contributed by atoms with Gasteiger partial charge in [-0.05, 0) is 54.1 Å². The normalized spacial score (nSPS) is 10.7. The molecule has 0 N–H and O–H groups in total. The van der Waals surface area contributed by atoms with Crippen molar-refractivity contribution >= 4 is 11.8 Å². The van der Waals surface area contributed by atoms with Crippen LogP contribution in [0.1, 0.15) is 11.1 Å². The van der Waals surface area contributed by atoms with Gasteiger partial charge in [0.15, 0.2) is 11.6 Å². The standard InChI is InChI=1S/C21H18F2OS/c1-14-4-3-5-15(10-14)13-24-17-8-6-16(7-9-17)18-11-19(22)20(23)12-21(18)25-2/h3-12H,13H2,1-2H3. The first-order valence-corrected chi connectivity index (χ1v) is 9.11. The van der Waals surface area contributed by atoms with Crippen molar-refractivity contribution < 1.29 is 13.5 Å². The highest BCUT2D eigenvalue weighted by molar-refractivity contribution is 7.98. The molecule has 1 nitrogen and oxygen atoms in total. The highest BCUT2D eigenvalue weighted by Crippen LogP contribution is 2.33. The predicted octanol–water partition coefficient (Wildman–Crippen LogP) is 6.24. The van der Waals surface area contributed by atoms with Crippen LogP contribution in [0.5, 0.6) is 5.75 Å². The minimum atomic E-state index is -0.840. The molecule has 0 atom stereocenters. The van der Waals surface area contributed by atoms with E-state index in [9.17, 15) is 8.78 Å². The zero-order valence-electron chi connectivity index (χ0n) is 14.1. The lowest BCUT2D eigenvalue weighted by molar-refractivity contribution is 0.306. The topological polar surface area (TPSA) is 9.23 Å². The van der Waals surface area contributed by atoms with Gasteiger partial charge in [-0.25, -0.2) is 8.78 Å². The average Bonchev–Trinajstić information content (AvgIpc) is 2.62. The Morgan fingerprint density at radius 3 is 2.32 bits per heavy atom. The van der Waals surface area contributed by atoms with Crippen LogP contribution < -0.4 is 4.74 Å². The summed E-state index contributed by atoms with van der Waals surface area (Å²) in [6.07, 6.45) is 1.84. The fourth-order valence-electron chi connectivity index (χ4n) is 2.62. The summed E-state index contributed by atoms with van der Waals surface area (Å²) in [6, 6.07) is 18.0. The van der Waals surface area contributed by atoms with E-state index in [0.717, 1.165) is 16.9 Å². The molecule has 0 unspecified atom stereocenters. The van der Waals surface area contributed by atoms with Crippen molar-refractivity contribution in [3.05, 3.63) is 83.4 Å². The lowest BCUT2D eigenvalue weighted by atomic mass is 10.1. The summed E-state index contributed by atoms with van der Waals surface area (Å²) in [7, 11) is 0. The van der Waals surface area contributed by atoms with E-state index in [1.165, 1.54) is 29.5 Å². The monoisotopic (exact) mass is 356 g/mol. The molecule has 0 radical (unpaired) electrons. The van der Waals surface area contributed by atoms with Gasteiger partial charge in [0.1, 0.15) is 12.4 Å². The maximum Gasteiger partial charge on any atom is 0.159 e. The van der Waals surface area contributed by atoms with Crippen LogP contribution in [0.2, 0.25) is 0 Å². The summed E-state index contributed by atoms with van der Waals surface area (Å²) >= 11 is 1.39. The van der Waals surface area contributed by atoms with E-state index in [2.05, 4.69) is 6.07 Å². The number of halogens is 2. The zero-order valence-corrected chi connectivity index (χ0v) is 14.9. The minimum Gasteiger partial charge on any atom is -0.489 e. The molecular formula is C21H18F2OS. The number of ether oxygens (including phenoxy) is 1. The van der Waals surface area contributed by atoms with Crippen LogP contribution >= 0.6 is 11.8 Å². The SMILES string of the molecule is CSc1cc(F)c(F)cc1-c1ccc(OCc2cccc(C)c2)cc1. The quantitative estimate of drug-likeness (QED) is 0.500. The first kappa shape index (κ1) is 17.5. The van der Waals surface area contributed by atoms with E-state index in [1.807, 2.05) is 55.6 Å². The third-order valence-corrected chi connectivity index (χ3v) is 4.67. The number of benzene rings is 3. The second-order valence-corrected chi connectivity index (χ2v) is 6.62. The molecule has 0 fully saturated rings. The molecule has 0 bridgehead atoms. The van der Waals surface area contributed by atoms with Gasteiger partial charge < -0.3 is 4.74 Å². The first-order chi connectivity index (χ1) is 12.1. The molecule has 3 rings (SSSR count). The fraction of sp³-hybridized carbons (Fsp3) is 0.143. The molecule has 0 aliphatic heterocycles. The predicted molar refractivity (Wildman–Crippen MR) is 99.1 cm³/mol. The molecule has 0 aliphatic carbocycles. The summed E-state index contributed by atoms with van der Waals surface area (Å²) in [5, 5.41) is 0. The summed E-state index contributed by atoms with van der Waals surface area (Å²) in [4.78, 5) is 0.701. The van der Waals surface area contributed by atoms with Gasteiger partial charge in [-0.15, -0.1) is 11.8 Å². The van der Waals surface area contributed by atoms with Crippen LogP contribution in [0.25, 0.3) is 11.1 Å². The van der Waals surface area contributed by atoms with Crippen LogP contribution in [-0.2, 0) is 6.61 Å². The molecule has 4 heteroatoms. The van der Waals surface area contributed by atoms with Gasteiger partial charge in [0.05, 0.1) is 0 Å². The van der Waals surface area contributed by atoms with Crippen LogP contribution in [0, 0.1) is 18.6 Å². The van der Waals surface area contributed by atoms with Crippen molar-refractivity contribution in [3.63, 3.8) is 0 Å². The lowest BCUT2D eigenvalue weighted by Crippen LogP contribution is -1.95. The number of thioether (sulfide) groups is 1. The maximum absolute atomic E-state index is 13.6. The second kappa shape index (κ2) is 7.70. The molecule has 0 saturated heterocycles. The van der Waals surface area contributed by atoms with E-state index < -0.39 is 11.6 Å². The Kier molecular flexibility index (Phi) is 5.39. The van der Waals surface area contributed by atoms with Crippen molar-refractivity contribution in [3.8, 4) is 16.9 Å². The highest BCUT2D eigenvalue weighted by atomic mass is 32.2. The summed E-state index contributed by atoms with van der Waals surface area (Å²) in [5.74, 6) is -0.933. The Hall–Kier alpha value is -2.33. The average molecular weight is 356 g/mol. The van der Waals surface area contributed by atoms with E-state index in [4.69, 9.17) is 4.74 Å². The molecule has 128 valence electrons. The molecule has 3 aromatic carbocycles. The van der Waals surface area contributed by atoms with Gasteiger partial charge in [-0.2, -0.15) is 0 Å². The van der Waals surface area contributed by atoms with E-state index >= 15 is 0 Å². The highest BCUT2D eigenvalue weighted by Gasteiger charge is 2.11. The van der Waals surface area contributed by atoms with E-state index in [1.54, 1.807) is 0 Å². The third kappa shape index (κ3) is 4.20. The van der Waals surface area contributed by atoms with Gasteiger partial charge in [-0.3, -0.25) is 0 Å². The fourth-order valence-corrected chi connectivity index (χ4v) is 3.24. The second-order valence-electron chi connectivity index (χ2n) is 5.77. The molecule has 0 heterocycles. The van der Waals surface area contributed by atoms with Crippen LogP contribution in [0.3, 0.4) is 0 Å². The summed E-state index contributed by atoms with van der Waals surface area (Å²) in [6.45, 7) is 2.53.